The molecular formula is C23H18ClN5O. The van der Waals surface area contributed by atoms with Crippen molar-refractivity contribution in [3.8, 4) is 5.95 Å². The summed E-state index contributed by atoms with van der Waals surface area (Å²) in [5.74, 6) is 0.262. The molecule has 30 heavy (non-hydrogen) atoms. The van der Waals surface area contributed by atoms with Gasteiger partial charge in [0.2, 0.25) is 5.95 Å². The smallest absolute Gasteiger partial charge is 0.268 e. The van der Waals surface area contributed by atoms with E-state index in [2.05, 4.69) is 25.9 Å². The number of fused-ring (bicyclic) bond motifs is 3. The van der Waals surface area contributed by atoms with E-state index in [-0.39, 0.29) is 5.91 Å². The number of halogens is 1. The molecule has 2 aromatic carbocycles. The van der Waals surface area contributed by atoms with Crippen LogP contribution in [0.3, 0.4) is 0 Å². The number of amides is 1. The largest absolute Gasteiger partial charge is 0.347 e. The number of carbonyl (C=O) groups is 1. The summed E-state index contributed by atoms with van der Waals surface area (Å²) in [5.41, 5.74) is 4.40. The molecule has 5 aromatic rings. The van der Waals surface area contributed by atoms with Crippen LogP contribution in [0.2, 0.25) is 5.02 Å². The zero-order valence-corrected chi connectivity index (χ0v) is 17.0. The monoisotopic (exact) mass is 415 g/mol. The summed E-state index contributed by atoms with van der Waals surface area (Å²) in [7, 11) is 2.00. The molecule has 6 nitrogen and oxygen atoms in total. The Morgan fingerprint density at radius 2 is 1.73 bits per heavy atom. The molecule has 0 aliphatic rings. The maximum absolute atomic E-state index is 13.2. The van der Waals surface area contributed by atoms with Gasteiger partial charge in [-0.2, -0.15) is 0 Å². The van der Waals surface area contributed by atoms with Crippen LogP contribution in [-0.2, 0) is 13.6 Å². The van der Waals surface area contributed by atoms with Crippen LogP contribution in [0.15, 0.2) is 73.1 Å². The fourth-order valence-electron chi connectivity index (χ4n) is 3.76. The van der Waals surface area contributed by atoms with Crippen molar-refractivity contribution in [2.75, 3.05) is 0 Å². The molecule has 0 saturated carbocycles. The Labute approximate surface area is 177 Å². The molecule has 1 amide bonds. The second kappa shape index (κ2) is 7.31. The number of benzene rings is 2. The quantitative estimate of drug-likeness (QED) is 0.470. The van der Waals surface area contributed by atoms with Crippen molar-refractivity contribution < 1.29 is 4.79 Å². The maximum atomic E-state index is 13.2. The normalized spacial score (nSPS) is 11.3. The molecule has 0 aliphatic carbocycles. The molecular weight excluding hydrogens is 398 g/mol. The van der Waals surface area contributed by atoms with E-state index in [1.165, 1.54) is 0 Å². The molecule has 0 atom stereocenters. The Bertz CT molecular complexity index is 1370. The van der Waals surface area contributed by atoms with Gasteiger partial charge in [0.05, 0.1) is 16.6 Å². The third kappa shape index (κ3) is 3.02. The van der Waals surface area contributed by atoms with Crippen LogP contribution in [0.25, 0.3) is 27.9 Å². The van der Waals surface area contributed by atoms with Crippen LogP contribution in [-0.4, -0.2) is 25.0 Å². The van der Waals surface area contributed by atoms with E-state index >= 15 is 0 Å². The van der Waals surface area contributed by atoms with Gasteiger partial charge in [-0.3, -0.25) is 9.36 Å². The number of carbonyl (C=O) groups excluding carboxylic acids is 1. The summed E-state index contributed by atoms with van der Waals surface area (Å²) < 4.78 is 3.91. The van der Waals surface area contributed by atoms with E-state index in [1.807, 2.05) is 60.1 Å². The zero-order valence-electron chi connectivity index (χ0n) is 16.2. The van der Waals surface area contributed by atoms with Gasteiger partial charge in [-0.05, 0) is 35.9 Å². The van der Waals surface area contributed by atoms with Gasteiger partial charge in [-0.25, -0.2) is 9.97 Å². The predicted octanol–water partition coefficient (Wildman–Crippen LogP) is 4.50. The first kappa shape index (κ1) is 18.4. The number of aromatic nitrogens is 4. The van der Waals surface area contributed by atoms with Gasteiger partial charge in [0.1, 0.15) is 5.69 Å². The number of hydrogen-bond donors (Lipinski definition) is 1. The van der Waals surface area contributed by atoms with Crippen LogP contribution in [0.1, 0.15) is 16.1 Å². The summed E-state index contributed by atoms with van der Waals surface area (Å²) >= 11 is 5.95. The van der Waals surface area contributed by atoms with Crippen LogP contribution in [0.4, 0.5) is 0 Å². The highest BCUT2D eigenvalue weighted by Gasteiger charge is 2.22. The molecule has 7 heteroatoms. The lowest BCUT2D eigenvalue weighted by atomic mass is 10.2. The SMILES string of the molecule is Cn1c2ccccc2c2c1cc(C(=O)NCc1ccc(Cl)cc1)n2-c1ncccn1. The topological polar surface area (TPSA) is 64.7 Å². The molecule has 0 unspecified atom stereocenters. The second-order valence-electron chi connectivity index (χ2n) is 7.03. The first-order valence-electron chi connectivity index (χ1n) is 9.52. The summed E-state index contributed by atoms with van der Waals surface area (Å²) in [6.45, 7) is 0.397. The standard InChI is InChI=1S/C23H18ClN5O/c1-28-18-6-3-2-5-17(18)21-19(28)13-20(29(21)23-25-11-4-12-26-23)22(30)27-14-15-7-9-16(24)10-8-15/h2-13H,14H2,1H3,(H,27,30). The van der Waals surface area contributed by atoms with Crippen LogP contribution in [0.5, 0.6) is 0 Å². The Kier molecular flexibility index (Phi) is 4.48. The lowest BCUT2D eigenvalue weighted by Gasteiger charge is -2.10. The number of hydrogen-bond acceptors (Lipinski definition) is 3. The minimum atomic E-state index is -0.197. The van der Waals surface area contributed by atoms with E-state index in [4.69, 9.17) is 11.6 Å². The molecule has 0 saturated heterocycles. The lowest BCUT2D eigenvalue weighted by molar-refractivity contribution is 0.0944. The van der Waals surface area contributed by atoms with E-state index in [0.717, 1.165) is 27.5 Å². The average Bonchev–Trinajstić information content (AvgIpc) is 3.30. The van der Waals surface area contributed by atoms with Crippen molar-refractivity contribution in [3.63, 3.8) is 0 Å². The van der Waals surface area contributed by atoms with Gasteiger partial charge in [0, 0.05) is 36.4 Å². The summed E-state index contributed by atoms with van der Waals surface area (Å²) in [6, 6.07) is 19.2. The van der Waals surface area contributed by atoms with Gasteiger partial charge < -0.3 is 9.88 Å². The first-order valence-corrected chi connectivity index (χ1v) is 9.90. The van der Waals surface area contributed by atoms with Crippen LogP contribution >= 0.6 is 11.6 Å². The Balaban J connectivity index is 1.63. The molecule has 0 fully saturated rings. The fourth-order valence-corrected chi connectivity index (χ4v) is 3.89. The van der Waals surface area contributed by atoms with Crippen LogP contribution in [0, 0.1) is 0 Å². The molecule has 0 radical (unpaired) electrons. The van der Waals surface area contributed by atoms with Gasteiger partial charge in [0.25, 0.3) is 5.91 Å². The molecule has 3 aromatic heterocycles. The second-order valence-corrected chi connectivity index (χ2v) is 7.47. The van der Waals surface area contributed by atoms with Crippen LogP contribution < -0.4 is 5.32 Å². The van der Waals surface area contributed by atoms with Crippen molar-refractivity contribution in [2.45, 2.75) is 6.54 Å². The number of para-hydroxylation sites is 1. The zero-order chi connectivity index (χ0) is 20.7. The van der Waals surface area contributed by atoms with E-state index in [9.17, 15) is 4.79 Å². The summed E-state index contributed by atoms with van der Waals surface area (Å²) in [5, 5.41) is 4.70. The van der Waals surface area contributed by atoms with E-state index < -0.39 is 0 Å². The minimum absolute atomic E-state index is 0.197. The van der Waals surface area contributed by atoms with Gasteiger partial charge >= 0.3 is 0 Å². The van der Waals surface area contributed by atoms with Crippen molar-refractivity contribution in [3.05, 3.63) is 89.3 Å². The molecule has 1 N–H and O–H groups in total. The molecule has 0 aliphatic heterocycles. The molecule has 148 valence electrons. The van der Waals surface area contributed by atoms with Gasteiger partial charge in [-0.1, -0.05) is 41.9 Å². The summed E-state index contributed by atoms with van der Waals surface area (Å²) in [6.07, 6.45) is 3.35. The third-order valence-corrected chi connectivity index (χ3v) is 5.47. The predicted molar refractivity (Wildman–Crippen MR) is 118 cm³/mol. The lowest BCUT2D eigenvalue weighted by Crippen LogP contribution is -2.25. The van der Waals surface area contributed by atoms with Gasteiger partial charge in [0.15, 0.2) is 0 Å². The maximum Gasteiger partial charge on any atom is 0.268 e. The number of aryl methyl sites for hydroxylation is 1. The van der Waals surface area contributed by atoms with Crippen molar-refractivity contribution in [1.29, 1.82) is 0 Å². The van der Waals surface area contributed by atoms with Gasteiger partial charge in [-0.15, -0.1) is 0 Å². The molecule has 0 bridgehead atoms. The Hall–Kier alpha value is -3.64. The Morgan fingerprint density at radius 3 is 2.50 bits per heavy atom. The van der Waals surface area contributed by atoms with E-state index in [1.54, 1.807) is 18.5 Å². The first-order chi connectivity index (χ1) is 14.6. The van der Waals surface area contributed by atoms with Crippen molar-refractivity contribution in [2.24, 2.45) is 7.05 Å². The molecule has 3 heterocycles. The summed E-state index contributed by atoms with van der Waals surface area (Å²) in [4.78, 5) is 22.0. The fraction of sp³-hybridized carbons (Fsp3) is 0.0870. The Morgan fingerprint density at radius 1 is 1.00 bits per heavy atom. The minimum Gasteiger partial charge on any atom is -0.347 e. The molecule has 0 spiro atoms. The molecule has 5 rings (SSSR count). The third-order valence-electron chi connectivity index (χ3n) is 5.21. The number of rotatable bonds is 4. The number of nitrogens with one attached hydrogen (secondary N) is 1. The van der Waals surface area contributed by atoms with Crippen molar-refractivity contribution in [1.82, 2.24) is 24.4 Å². The highest BCUT2D eigenvalue weighted by Crippen LogP contribution is 2.32. The van der Waals surface area contributed by atoms with Crippen molar-refractivity contribution >= 4 is 39.4 Å². The highest BCUT2D eigenvalue weighted by atomic mass is 35.5. The number of nitrogens with zero attached hydrogens (tertiary/aromatic N) is 4. The average molecular weight is 416 g/mol. The highest BCUT2D eigenvalue weighted by molar-refractivity contribution is 6.30. The van der Waals surface area contributed by atoms with E-state index in [0.29, 0.717) is 23.2 Å².